The number of aromatic nitrogens is 12. The van der Waals surface area contributed by atoms with Crippen LogP contribution in [0.4, 0.5) is 5.82 Å². The Balaban J connectivity index is 0.000000169. The van der Waals surface area contributed by atoms with E-state index < -0.39 is 0 Å². The summed E-state index contributed by atoms with van der Waals surface area (Å²) in [6.07, 6.45) is 3.53. The van der Waals surface area contributed by atoms with Gasteiger partial charge in [0.2, 0.25) is 23.3 Å². The summed E-state index contributed by atoms with van der Waals surface area (Å²) in [6.45, 7) is 26.8. The highest BCUT2D eigenvalue weighted by Crippen LogP contribution is 2.28. The molecular weight excluding hydrogens is 916 g/mol. The molecule has 0 aliphatic carbocycles. The molecule has 2 aliphatic heterocycles. The molecule has 0 atom stereocenters. The van der Waals surface area contributed by atoms with Gasteiger partial charge in [-0.1, -0.05) is 112 Å². The fraction of sp³-hybridized carbons (Fsp3) is 0.423. The zero-order valence-electron chi connectivity index (χ0n) is 42.6. The number of nitrogens with zero attached hydrogens (tertiary/aromatic N) is 15. The fourth-order valence-corrected chi connectivity index (χ4v) is 8.05. The van der Waals surface area contributed by atoms with Crippen LogP contribution in [-0.4, -0.2) is 136 Å². The molecule has 19 heteroatoms. The number of piperazine rings is 2. The summed E-state index contributed by atoms with van der Waals surface area (Å²) in [6, 6.07) is 24.3. The van der Waals surface area contributed by atoms with Crippen LogP contribution in [0.1, 0.15) is 75.4 Å². The zero-order chi connectivity index (χ0) is 50.3. The average molecular weight is 982 g/mol. The van der Waals surface area contributed by atoms with Gasteiger partial charge in [0.05, 0.1) is 13.1 Å². The van der Waals surface area contributed by atoms with Gasteiger partial charge in [0.1, 0.15) is 22.6 Å². The van der Waals surface area contributed by atoms with Crippen LogP contribution in [-0.2, 0) is 23.9 Å². The number of likely N-dealkylation sites (N-methyl/N-ethyl adjacent to an activating group) is 2. The topological polar surface area (TPSA) is 187 Å². The third-order valence-corrected chi connectivity index (χ3v) is 12.6. The van der Waals surface area contributed by atoms with E-state index in [2.05, 4.69) is 156 Å². The first-order chi connectivity index (χ1) is 33.9. The highest BCUT2D eigenvalue weighted by Gasteiger charge is 2.21. The molecule has 10 rings (SSSR count). The number of nitrogens with one attached hydrogen (secondary N) is 1. The number of halogens is 1. The molecule has 0 bridgehead atoms. The molecule has 71 heavy (non-hydrogen) atoms. The van der Waals surface area contributed by atoms with Gasteiger partial charge in [-0.25, -0.2) is 29.3 Å². The number of aryl methyl sites for hydroxylation is 2. The predicted octanol–water partition coefficient (Wildman–Crippen LogP) is 8.02. The van der Waals surface area contributed by atoms with Gasteiger partial charge >= 0.3 is 0 Å². The number of anilines is 1. The number of rotatable bonds is 9. The summed E-state index contributed by atoms with van der Waals surface area (Å²) in [5.41, 5.74) is 6.58. The Labute approximate surface area is 420 Å². The van der Waals surface area contributed by atoms with Gasteiger partial charge in [-0.05, 0) is 85.3 Å². The van der Waals surface area contributed by atoms with Crippen molar-refractivity contribution in [2.45, 2.75) is 79.3 Å². The van der Waals surface area contributed by atoms with Crippen molar-refractivity contribution < 1.29 is 9.05 Å². The van der Waals surface area contributed by atoms with Crippen molar-refractivity contribution in [1.29, 1.82) is 0 Å². The molecule has 2 aromatic carbocycles. The monoisotopic (exact) mass is 981 g/mol. The van der Waals surface area contributed by atoms with Gasteiger partial charge in [-0.3, -0.25) is 0 Å². The van der Waals surface area contributed by atoms with Crippen LogP contribution in [0.15, 0.2) is 94.2 Å². The van der Waals surface area contributed by atoms with Crippen LogP contribution in [0, 0.1) is 13.8 Å². The van der Waals surface area contributed by atoms with Crippen LogP contribution in [0.3, 0.4) is 0 Å². The minimum absolute atomic E-state index is 0.0915. The van der Waals surface area contributed by atoms with Crippen molar-refractivity contribution >= 4 is 17.4 Å². The van der Waals surface area contributed by atoms with Crippen molar-refractivity contribution in [3.8, 4) is 46.2 Å². The first-order valence-electron chi connectivity index (χ1n) is 24.1. The summed E-state index contributed by atoms with van der Waals surface area (Å²) < 4.78 is 14.5. The molecule has 1 N–H and O–H groups in total. The molecule has 2 aliphatic rings. The smallest absolute Gasteiger partial charge is 0.297 e. The van der Waals surface area contributed by atoms with E-state index >= 15 is 0 Å². The maximum absolute atomic E-state index is 5.96. The molecule has 0 unspecified atom stereocenters. The fourth-order valence-electron chi connectivity index (χ4n) is 7.85. The van der Waals surface area contributed by atoms with Crippen molar-refractivity contribution in [3.63, 3.8) is 0 Å². The SMILES string of the molecule is CN1CCNCC1.Cc1nc(-c2nc(-c3ccc(C(C)(C)C)cc3)no2)nn1Cc1ccnc(Cl)c1.Cc1nc(-c2nc(-c3ccc(C(C)(C)C)cc3)no2)nn1Cc1ccnc(N2CCN(C)CC2)c1. The van der Waals surface area contributed by atoms with E-state index in [4.69, 9.17) is 20.6 Å². The minimum Gasteiger partial charge on any atom is -0.354 e. The van der Waals surface area contributed by atoms with Crippen LogP contribution in [0.25, 0.3) is 46.2 Å². The molecule has 8 heterocycles. The second-order valence-electron chi connectivity index (χ2n) is 20.1. The Kier molecular flexibility index (Phi) is 15.8. The van der Waals surface area contributed by atoms with Crippen LogP contribution in [0.2, 0.25) is 5.15 Å². The lowest BCUT2D eigenvalue weighted by molar-refractivity contribution is 0.291. The molecule has 6 aromatic heterocycles. The third kappa shape index (κ3) is 13.4. The van der Waals surface area contributed by atoms with Gasteiger partial charge in [0.25, 0.3) is 11.8 Å². The maximum Gasteiger partial charge on any atom is 0.297 e. The molecule has 8 aromatic rings. The summed E-state index contributed by atoms with van der Waals surface area (Å²) in [5, 5.41) is 21.1. The number of hydrogen-bond donors (Lipinski definition) is 1. The summed E-state index contributed by atoms with van der Waals surface area (Å²) in [4.78, 5) is 33.6. The normalized spacial score (nSPS) is 14.7. The summed E-state index contributed by atoms with van der Waals surface area (Å²) in [5.74, 6) is 5.00. The molecule has 0 saturated carbocycles. The van der Waals surface area contributed by atoms with Gasteiger partial charge in [0, 0.05) is 75.9 Å². The van der Waals surface area contributed by atoms with Gasteiger partial charge < -0.3 is 29.1 Å². The highest BCUT2D eigenvalue weighted by atomic mass is 35.5. The molecule has 2 fully saturated rings. The minimum atomic E-state index is 0.0915. The molecular formula is C52H65ClN16O2. The predicted molar refractivity (Wildman–Crippen MR) is 276 cm³/mol. The first kappa shape index (κ1) is 50.7. The molecule has 18 nitrogen and oxygen atoms in total. The third-order valence-electron chi connectivity index (χ3n) is 12.4. The lowest BCUT2D eigenvalue weighted by Crippen LogP contribution is -2.44. The Morgan fingerprint density at radius 2 is 1.00 bits per heavy atom. The number of benzene rings is 2. The van der Waals surface area contributed by atoms with Gasteiger partial charge in [0.15, 0.2) is 0 Å². The van der Waals surface area contributed by atoms with Crippen molar-refractivity contribution in [2.75, 3.05) is 71.4 Å². The van der Waals surface area contributed by atoms with E-state index in [0.29, 0.717) is 47.4 Å². The van der Waals surface area contributed by atoms with Crippen molar-refractivity contribution in [3.05, 3.63) is 124 Å². The number of hydrogen-bond acceptors (Lipinski definition) is 16. The van der Waals surface area contributed by atoms with Gasteiger partial charge in [-0.15, -0.1) is 10.2 Å². The second-order valence-corrected chi connectivity index (χ2v) is 20.5. The van der Waals surface area contributed by atoms with E-state index in [-0.39, 0.29) is 16.7 Å². The van der Waals surface area contributed by atoms with Crippen molar-refractivity contribution in [1.82, 2.24) is 74.9 Å². The zero-order valence-corrected chi connectivity index (χ0v) is 43.3. The Bertz CT molecular complexity index is 2970. The van der Waals surface area contributed by atoms with Crippen molar-refractivity contribution in [2.24, 2.45) is 0 Å². The van der Waals surface area contributed by atoms with E-state index in [1.54, 1.807) is 16.9 Å². The Morgan fingerprint density at radius 1 is 0.549 bits per heavy atom. The van der Waals surface area contributed by atoms with Gasteiger partial charge in [-0.2, -0.15) is 9.97 Å². The lowest BCUT2D eigenvalue weighted by atomic mass is 9.87. The molecule has 2 saturated heterocycles. The average Bonchev–Trinajstić information content (AvgIpc) is 4.18. The Hall–Kier alpha value is -6.73. The Morgan fingerprint density at radius 3 is 1.44 bits per heavy atom. The van der Waals surface area contributed by atoms with Crippen LogP contribution in [0.5, 0.6) is 0 Å². The molecule has 372 valence electrons. The largest absolute Gasteiger partial charge is 0.354 e. The number of pyridine rings is 2. The lowest BCUT2D eigenvalue weighted by Gasteiger charge is -2.33. The van der Waals surface area contributed by atoms with E-state index in [1.165, 1.54) is 24.2 Å². The summed E-state index contributed by atoms with van der Waals surface area (Å²) in [7, 11) is 4.31. The second kappa shape index (κ2) is 22.1. The van der Waals surface area contributed by atoms with E-state index in [0.717, 1.165) is 79.0 Å². The maximum atomic E-state index is 5.96. The first-order valence-corrected chi connectivity index (χ1v) is 24.4. The molecule has 0 spiro atoms. The van der Waals surface area contributed by atoms with E-state index in [9.17, 15) is 0 Å². The van der Waals surface area contributed by atoms with E-state index in [1.807, 2.05) is 61.1 Å². The summed E-state index contributed by atoms with van der Waals surface area (Å²) >= 11 is 5.96. The molecule has 0 radical (unpaired) electrons. The molecule has 0 amide bonds. The quantitative estimate of drug-likeness (QED) is 0.137. The highest BCUT2D eigenvalue weighted by molar-refractivity contribution is 6.29. The van der Waals surface area contributed by atoms with Crippen LogP contribution >= 0.6 is 11.6 Å². The van der Waals surface area contributed by atoms with Crippen LogP contribution < -0.4 is 10.2 Å². The standard InChI is InChI=1S/C26H32N8O.C21H21ClN6O.C5H12N2/c1-18-28-24(25-29-23(31-35-25)20-6-8-21(9-7-20)26(2,3)4)30-34(18)17-19-10-11-27-22(16-19)33-14-12-32(5)13-15-33;1-13-24-19(26-28(13)12-14-9-10-23-17(22)11-14)20-25-18(27-29-20)15-5-7-16(8-6-15)21(2,3)4;1-7-4-2-6-3-5-7/h6-11,16H,12-15,17H2,1-5H3;5-11H,12H2,1-4H3;6H,2-5H2,1H3.